The van der Waals surface area contributed by atoms with Crippen molar-refractivity contribution in [1.82, 2.24) is 0 Å². The minimum atomic E-state index is -0.318. The van der Waals surface area contributed by atoms with E-state index >= 15 is 0 Å². The third-order valence-electron chi connectivity index (χ3n) is 3.37. The summed E-state index contributed by atoms with van der Waals surface area (Å²) in [5, 5.41) is 8.74. The summed E-state index contributed by atoms with van der Waals surface area (Å²) < 4.78 is 0. The van der Waals surface area contributed by atoms with Crippen molar-refractivity contribution in [3.05, 3.63) is 65.2 Å². The van der Waals surface area contributed by atoms with Gasteiger partial charge in [-0.2, -0.15) is 0 Å². The highest BCUT2D eigenvalue weighted by atomic mass is 16.2. The largest absolute Gasteiger partial charge is 0.395 e. The predicted molar refractivity (Wildman–Crippen MR) is 82.6 cm³/mol. The molecule has 0 bridgehead atoms. The Morgan fingerprint density at radius 2 is 1.64 bits per heavy atom. The molecule has 108 valence electrons. The maximum atomic E-state index is 12.4. The Labute approximate surface area is 128 Å². The average Bonchev–Trinajstić information content (AvgIpc) is 2.80. The predicted octanol–water partition coefficient (Wildman–Crippen LogP) is 2.22. The standard InChI is InChI=1S/C18H13NO3/c20-11-4-3-6-13-7-5-8-14(12-13)19-17(21)15-9-1-2-10-16(15)18(19)22/h1-2,5,7-10,12,20H,4,11H2. The van der Waals surface area contributed by atoms with E-state index in [0.29, 0.717) is 28.8 Å². The SMILES string of the molecule is O=C1c2ccccc2C(=O)N1c1cccc(C#CCCO)c1. The van der Waals surface area contributed by atoms with E-state index in [1.165, 1.54) is 4.90 Å². The molecule has 0 fully saturated rings. The minimum absolute atomic E-state index is 0.00506. The Morgan fingerprint density at radius 1 is 0.955 bits per heavy atom. The van der Waals surface area contributed by atoms with Gasteiger partial charge in [-0.3, -0.25) is 9.59 Å². The van der Waals surface area contributed by atoms with Crippen molar-refractivity contribution < 1.29 is 14.7 Å². The quantitative estimate of drug-likeness (QED) is 0.682. The fourth-order valence-corrected chi connectivity index (χ4v) is 2.37. The molecule has 2 aromatic rings. The molecule has 1 aliphatic rings. The molecule has 1 heterocycles. The smallest absolute Gasteiger partial charge is 0.266 e. The van der Waals surface area contributed by atoms with Crippen molar-refractivity contribution in [3.8, 4) is 11.8 Å². The normalized spacial score (nSPS) is 12.9. The van der Waals surface area contributed by atoms with Crippen molar-refractivity contribution in [2.45, 2.75) is 6.42 Å². The first-order valence-corrected chi connectivity index (χ1v) is 6.90. The molecule has 4 heteroatoms. The molecule has 2 amide bonds. The van der Waals surface area contributed by atoms with Crippen molar-refractivity contribution in [2.75, 3.05) is 11.5 Å². The number of nitrogens with zero attached hydrogens (tertiary/aromatic N) is 1. The van der Waals surface area contributed by atoms with Crippen molar-refractivity contribution in [3.63, 3.8) is 0 Å². The molecule has 22 heavy (non-hydrogen) atoms. The molecule has 0 aromatic heterocycles. The van der Waals surface area contributed by atoms with Crippen LogP contribution in [0.3, 0.4) is 0 Å². The van der Waals surface area contributed by atoms with Crippen LogP contribution in [0.2, 0.25) is 0 Å². The van der Waals surface area contributed by atoms with Crippen LogP contribution in [-0.4, -0.2) is 23.5 Å². The average molecular weight is 291 g/mol. The molecule has 0 saturated carbocycles. The Morgan fingerprint density at radius 3 is 2.27 bits per heavy atom. The van der Waals surface area contributed by atoms with Gasteiger partial charge in [0.2, 0.25) is 0 Å². The van der Waals surface area contributed by atoms with Gasteiger partial charge in [0.1, 0.15) is 0 Å². The fraction of sp³-hybridized carbons (Fsp3) is 0.111. The van der Waals surface area contributed by atoms with Gasteiger partial charge in [-0.25, -0.2) is 4.90 Å². The van der Waals surface area contributed by atoms with Crippen LogP contribution in [0.4, 0.5) is 5.69 Å². The number of aliphatic hydroxyl groups is 1. The molecule has 0 unspecified atom stereocenters. The highest BCUT2D eigenvalue weighted by molar-refractivity contribution is 6.34. The summed E-state index contributed by atoms with van der Waals surface area (Å²) in [6.45, 7) is 0.00506. The monoisotopic (exact) mass is 291 g/mol. The number of hydrogen-bond donors (Lipinski definition) is 1. The Kier molecular flexibility index (Phi) is 3.73. The number of aliphatic hydroxyl groups excluding tert-OH is 1. The number of rotatable bonds is 2. The van der Waals surface area contributed by atoms with E-state index in [4.69, 9.17) is 5.11 Å². The Hall–Kier alpha value is -2.90. The number of amides is 2. The van der Waals surface area contributed by atoms with Crippen LogP contribution in [0.5, 0.6) is 0 Å². The van der Waals surface area contributed by atoms with Crippen LogP contribution in [0.15, 0.2) is 48.5 Å². The van der Waals surface area contributed by atoms with E-state index in [1.54, 1.807) is 48.5 Å². The zero-order chi connectivity index (χ0) is 15.5. The molecule has 0 atom stereocenters. The molecule has 0 spiro atoms. The van der Waals surface area contributed by atoms with Gasteiger partial charge in [-0.15, -0.1) is 0 Å². The second kappa shape index (κ2) is 5.84. The van der Waals surface area contributed by atoms with Crippen LogP contribution in [0.1, 0.15) is 32.7 Å². The van der Waals surface area contributed by atoms with Gasteiger partial charge in [-0.05, 0) is 30.3 Å². The summed E-state index contributed by atoms with van der Waals surface area (Å²) in [7, 11) is 0. The minimum Gasteiger partial charge on any atom is -0.395 e. The molecule has 3 rings (SSSR count). The number of benzene rings is 2. The van der Waals surface area contributed by atoms with Gasteiger partial charge in [0.05, 0.1) is 23.4 Å². The molecule has 0 saturated heterocycles. The molecule has 1 N–H and O–H groups in total. The van der Waals surface area contributed by atoms with E-state index in [-0.39, 0.29) is 18.4 Å². The van der Waals surface area contributed by atoms with E-state index in [0.717, 1.165) is 0 Å². The van der Waals surface area contributed by atoms with Crippen molar-refractivity contribution in [2.24, 2.45) is 0 Å². The first-order valence-electron chi connectivity index (χ1n) is 6.90. The summed E-state index contributed by atoms with van der Waals surface area (Å²) >= 11 is 0. The Balaban J connectivity index is 1.97. The third-order valence-corrected chi connectivity index (χ3v) is 3.37. The lowest BCUT2D eigenvalue weighted by molar-refractivity contribution is 0.0926. The Bertz CT molecular complexity index is 779. The van der Waals surface area contributed by atoms with Crippen molar-refractivity contribution in [1.29, 1.82) is 0 Å². The molecule has 1 aliphatic heterocycles. The van der Waals surface area contributed by atoms with Crippen LogP contribution in [0.25, 0.3) is 0 Å². The second-order valence-corrected chi connectivity index (χ2v) is 4.82. The van der Waals surface area contributed by atoms with E-state index in [9.17, 15) is 9.59 Å². The fourth-order valence-electron chi connectivity index (χ4n) is 2.37. The number of carbonyl (C=O) groups is 2. The first kappa shape index (κ1) is 14.1. The van der Waals surface area contributed by atoms with Crippen molar-refractivity contribution >= 4 is 17.5 Å². The zero-order valence-corrected chi connectivity index (χ0v) is 11.7. The molecular formula is C18H13NO3. The molecule has 0 aliphatic carbocycles. The second-order valence-electron chi connectivity index (χ2n) is 4.82. The zero-order valence-electron chi connectivity index (χ0n) is 11.7. The van der Waals surface area contributed by atoms with Gasteiger partial charge >= 0.3 is 0 Å². The highest BCUT2D eigenvalue weighted by Crippen LogP contribution is 2.28. The van der Waals surface area contributed by atoms with Crippen LogP contribution >= 0.6 is 0 Å². The van der Waals surface area contributed by atoms with Gasteiger partial charge < -0.3 is 5.11 Å². The summed E-state index contributed by atoms with van der Waals surface area (Å²) in [5.74, 6) is 5.08. The number of imide groups is 1. The highest BCUT2D eigenvalue weighted by Gasteiger charge is 2.36. The summed E-state index contributed by atoms with van der Waals surface area (Å²) in [6, 6.07) is 13.7. The van der Waals surface area contributed by atoms with Gasteiger partial charge in [0, 0.05) is 12.0 Å². The maximum absolute atomic E-state index is 12.4. The van der Waals surface area contributed by atoms with Gasteiger partial charge in [0.15, 0.2) is 0 Å². The van der Waals surface area contributed by atoms with E-state index < -0.39 is 0 Å². The third kappa shape index (κ3) is 2.39. The summed E-state index contributed by atoms with van der Waals surface area (Å²) in [5.41, 5.74) is 2.04. The summed E-state index contributed by atoms with van der Waals surface area (Å²) in [6.07, 6.45) is 0.386. The molecule has 4 nitrogen and oxygen atoms in total. The number of fused-ring (bicyclic) bond motifs is 1. The van der Waals surface area contributed by atoms with Gasteiger partial charge in [-0.1, -0.05) is 30.0 Å². The van der Waals surface area contributed by atoms with Crippen LogP contribution < -0.4 is 4.90 Å². The lowest BCUT2D eigenvalue weighted by Crippen LogP contribution is -2.29. The molecule has 0 radical (unpaired) electrons. The van der Waals surface area contributed by atoms with E-state index in [1.807, 2.05) is 0 Å². The number of hydrogen-bond acceptors (Lipinski definition) is 3. The number of anilines is 1. The van der Waals surface area contributed by atoms with Gasteiger partial charge in [0.25, 0.3) is 11.8 Å². The molecule has 2 aromatic carbocycles. The van der Waals surface area contributed by atoms with Crippen LogP contribution in [-0.2, 0) is 0 Å². The molecular weight excluding hydrogens is 278 g/mol. The summed E-state index contributed by atoms with van der Waals surface area (Å²) in [4.78, 5) is 26.0. The topological polar surface area (TPSA) is 57.6 Å². The first-order chi connectivity index (χ1) is 10.7. The number of carbonyl (C=O) groups excluding carboxylic acids is 2. The lowest BCUT2D eigenvalue weighted by atomic mass is 10.1. The van der Waals surface area contributed by atoms with Crippen LogP contribution in [0, 0.1) is 11.8 Å². The lowest BCUT2D eigenvalue weighted by Gasteiger charge is -2.13. The maximum Gasteiger partial charge on any atom is 0.266 e. The van der Waals surface area contributed by atoms with E-state index in [2.05, 4.69) is 11.8 Å².